The summed E-state index contributed by atoms with van der Waals surface area (Å²) in [7, 11) is 2.06. The van der Waals surface area contributed by atoms with Crippen LogP contribution in [-0.2, 0) is 20.0 Å². The van der Waals surface area contributed by atoms with E-state index >= 15 is 0 Å². The van der Waals surface area contributed by atoms with E-state index in [2.05, 4.69) is 42.3 Å². The van der Waals surface area contributed by atoms with Crippen molar-refractivity contribution in [1.82, 2.24) is 20.0 Å². The number of piperidine rings is 1. The highest BCUT2D eigenvalue weighted by atomic mass is 15.3. The van der Waals surface area contributed by atoms with E-state index in [0.29, 0.717) is 0 Å². The van der Waals surface area contributed by atoms with Crippen molar-refractivity contribution < 1.29 is 0 Å². The molecular weight excluding hydrogens is 236 g/mol. The van der Waals surface area contributed by atoms with Crippen LogP contribution < -0.4 is 5.32 Å². The molecule has 1 N–H and O–H groups in total. The fourth-order valence-corrected chi connectivity index (χ4v) is 2.93. The Bertz CT molecular complexity index is 385. The van der Waals surface area contributed by atoms with Gasteiger partial charge in [0.05, 0.1) is 11.4 Å². The minimum atomic E-state index is 0.813. The average Bonchev–Trinajstić information content (AvgIpc) is 2.77. The van der Waals surface area contributed by atoms with Crippen LogP contribution in [0, 0.1) is 5.92 Å². The zero-order chi connectivity index (χ0) is 13.7. The number of likely N-dealkylation sites (tertiary alicyclic amines) is 1. The van der Waals surface area contributed by atoms with Gasteiger partial charge in [-0.15, -0.1) is 0 Å². The molecule has 1 unspecified atom stereocenters. The van der Waals surface area contributed by atoms with Crippen molar-refractivity contribution in [2.45, 2.75) is 39.7 Å². The first-order valence-corrected chi connectivity index (χ1v) is 7.67. The van der Waals surface area contributed by atoms with Gasteiger partial charge in [0.15, 0.2) is 0 Å². The van der Waals surface area contributed by atoms with E-state index in [-0.39, 0.29) is 0 Å². The first-order chi connectivity index (χ1) is 9.22. The second-order valence-corrected chi connectivity index (χ2v) is 5.66. The van der Waals surface area contributed by atoms with Gasteiger partial charge in [0.1, 0.15) is 0 Å². The van der Waals surface area contributed by atoms with Gasteiger partial charge < -0.3 is 5.32 Å². The van der Waals surface area contributed by atoms with Crippen LogP contribution in [0.3, 0.4) is 0 Å². The second kappa shape index (κ2) is 7.06. The van der Waals surface area contributed by atoms with E-state index in [1.807, 2.05) is 4.68 Å². The van der Waals surface area contributed by atoms with Crippen LogP contribution in [0.4, 0.5) is 0 Å². The average molecular weight is 264 g/mol. The third kappa shape index (κ3) is 4.05. The molecule has 0 amide bonds. The summed E-state index contributed by atoms with van der Waals surface area (Å²) in [5.41, 5.74) is 2.56. The normalized spacial score (nSPS) is 20.9. The molecule has 1 aliphatic rings. The molecule has 0 radical (unpaired) electrons. The van der Waals surface area contributed by atoms with Gasteiger partial charge >= 0.3 is 0 Å². The van der Waals surface area contributed by atoms with Gasteiger partial charge in [0.25, 0.3) is 0 Å². The molecule has 19 heavy (non-hydrogen) atoms. The molecule has 0 aromatic carbocycles. The van der Waals surface area contributed by atoms with Crippen LogP contribution in [0.2, 0.25) is 0 Å². The van der Waals surface area contributed by atoms with E-state index in [9.17, 15) is 0 Å². The van der Waals surface area contributed by atoms with Crippen molar-refractivity contribution in [2.24, 2.45) is 13.0 Å². The maximum absolute atomic E-state index is 4.54. The van der Waals surface area contributed by atoms with Crippen molar-refractivity contribution in [2.75, 3.05) is 26.2 Å². The fourth-order valence-electron chi connectivity index (χ4n) is 2.93. The Hall–Kier alpha value is -0.870. The van der Waals surface area contributed by atoms with Crippen molar-refractivity contribution >= 4 is 0 Å². The SMILES string of the molecule is CCNCC1CCCN(Cc2cc(CC)nn2C)C1. The van der Waals surface area contributed by atoms with Gasteiger partial charge in [-0.05, 0) is 50.9 Å². The predicted molar refractivity (Wildman–Crippen MR) is 79.1 cm³/mol. The summed E-state index contributed by atoms with van der Waals surface area (Å²) in [6.45, 7) is 10.1. The van der Waals surface area contributed by atoms with Crippen LogP contribution in [0.15, 0.2) is 6.07 Å². The number of nitrogens with one attached hydrogen (secondary N) is 1. The molecule has 1 saturated heterocycles. The number of aryl methyl sites for hydroxylation is 2. The Morgan fingerprint density at radius 2 is 2.26 bits per heavy atom. The van der Waals surface area contributed by atoms with Gasteiger partial charge in [-0.2, -0.15) is 5.10 Å². The summed E-state index contributed by atoms with van der Waals surface area (Å²) < 4.78 is 2.05. The lowest BCUT2D eigenvalue weighted by Gasteiger charge is -2.32. The molecule has 0 saturated carbocycles. The number of hydrogen-bond acceptors (Lipinski definition) is 3. The summed E-state index contributed by atoms with van der Waals surface area (Å²) in [5, 5.41) is 8.02. The Morgan fingerprint density at radius 1 is 1.42 bits per heavy atom. The van der Waals surface area contributed by atoms with Crippen molar-refractivity contribution in [3.05, 3.63) is 17.5 Å². The fraction of sp³-hybridized carbons (Fsp3) is 0.800. The molecule has 2 heterocycles. The molecule has 1 atom stereocenters. The third-order valence-corrected chi connectivity index (χ3v) is 4.06. The molecule has 1 aliphatic heterocycles. The smallest absolute Gasteiger partial charge is 0.0625 e. The standard InChI is InChI=1S/C15H28N4/c1-4-14-9-15(18(3)17-14)12-19-8-6-7-13(11-19)10-16-5-2/h9,13,16H,4-8,10-12H2,1-3H3. The summed E-state index contributed by atoms with van der Waals surface area (Å²) in [6, 6.07) is 2.26. The molecule has 4 heteroatoms. The summed E-state index contributed by atoms with van der Waals surface area (Å²) in [4.78, 5) is 2.59. The van der Waals surface area contributed by atoms with Crippen molar-refractivity contribution in [1.29, 1.82) is 0 Å². The minimum absolute atomic E-state index is 0.813. The lowest BCUT2D eigenvalue weighted by Crippen LogP contribution is -2.39. The van der Waals surface area contributed by atoms with Crippen LogP contribution in [-0.4, -0.2) is 40.9 Å². The maximum Gasteiger partial charge on any atom is 0.0625 e. The van der Waals surface area contributed by atoms with Gasteiger partial charge in [-0.3, -0.25) is 9.58 Å². The zero-order valence-electron chi connectivity index (χ0n) is 12.7. The highest BCUT2D eigenvalue weighted by Gasteiger charge is 2.20. The van der Waals surface area contributed by atoms with Gasteiger partial charge in [-0.25, -0.2) is 0 Å². The van der Waals surface area contributed by atoms with Gasteiger partial charge in [0, 0.05) is 20.1 Å². The molecule has 1 fully saturated rings. The minimum Gasteiger partial charge on any atom is -0.317 e. The van der Waals surface area contributed by atoms with Gasteiger partial charge in [-0.1, -0.05) is 13.8 Å². The Morgan fingerprint density at radius 3 is 2.95 bits per heavy atom. The van der Waals surface area contributed by atoms with E-state index in [1.54, 1.807) is 0 Å². The third-order valence-electron chi connectivity index (χ3n) is 4.06. The Labute approximate surface area is 117 Å². The number of nitrogens with zero attached hydrogens (tertiary/aromatic N) is 3. The molecule has 4 nitrogen and oxygen atoms in total. The largest absolute Gasteiger partial charge is 0.317 e. The summed E-state index contributed by atoms with van der Waals surface area (Å²) in [6.07, 6.45) is 3.72. The number of aromatic nitrogens is 2. The van der Waals surface area contributed by atoms with Crippen LogP contribution >= 0.6 is 0 Å². The monoisotopic (exact) mass is 264 g/mol. The predicted octanol–water partition coefficient (Wildman–Crippen LogP) is 1.80. The zero-order valence-corrected chi connectivity index (χ0v) is 12.7. The molecule has 108 valence electrons. The lowest BCUT2D eigenvalue weighted by molar-refractivity contribution is 0.162. The van der Waals surface area contributed by atoms with Crippen LogP contribution in [0.1, 0.15) is 38.1 Å². The molecule has 2 rings (SSSR count). The van der Waals surface area contributed by atoms with Crippen LogP contribution in [0.25, 0.3) is 0 Å². The first kappa shape index (κ1) is 14.5. The molecular formula is C15H28N4. The topological polar surface area (TPSA) is 33.1 Å². The highest BCUT2D eigenvalue weighted by Crippen LogP contribution is 2.18. The van der Waals surface area contributed by atoms with E-state index in [4.69, 9.17) is 0 Å². The van der Waals surface area contributed by atoms with E-state index in [0.717, 1.165) is 25.4 Å². The number of hydrogen-bond donors (Lipinski definition) is 1. The van der Waals surface area contributed by atoms with E-state index in [1.165, 1.54) is 43.9 Å². The first-order valence-electron chi connectivity index (χ1n) is 7.67. The van der Waals surface area contributed by atoms with Crippen molar-refractivity contribution in [3.63, 3.8) is 0 Å². The maximum atomic E-state index is 4.54. The van der Waals surface area contributed by atoms with E-state index < -0.39 is 0 Å². The molecule has 1 aromatic rings. The summed E-state index contributed by atoms with van der Waals surface area (Å²) >= 11 is 0. The van der Waals surface area contributed by atoms with Gasteiger partial charge in [0.2, 0.25) is 0 Å². The Kier molecular flexibility index (Phi) is 5.40. The van der Waals surface area contributed by atoms with Crippen LogP contribution in [0.5, 0.6) is 0 Å². The second-order valence-electron chi connectivity index (χ2n) is 5.66. The molecule has 0 bridgehead atoms. The number of rotatable bonds is 6. The quantitative estimate of drug-likeness (QED) is 0.850. The van der Waals surface area contributed by atoms with Crippen molar-refractivity contribution in [3.8, 4) is 0 Å². The summed E-state index contributed by atoms with van der Waals surface area (Å²) in [5.74, 6) is 0.813. The lowest BCUT2D eigenvalue weighted by atomic mass is 9.98. The highest BCUT2D eigenvalue weighted by molar-refractivity contribution is 5.10. The molecule has 0 spiro atoms. The molecule has 1 aromatic heterocycles. The molecule has 0 aliphatic carbocycles. The Balaban J connectivity index is 1.89.